The zero-order valence-electron chi connectivity index (χ0n) is 14.9. The van der Waals surface area contributed by atoms with Crippen molar-refractivity contribution in [1.29, 1.82) is 0 Å². The van der Waals surface area contributed by atoms with Crippen molar-refractivity contribution in [1.82, 2.24) is 9.97 Å². The summed E-state index contributed by atoms with van der Waals surface area (Å²) in [6.45, 7) is 10.3. The van der Waals surface area contributed by atoms with Crippen molar-refractivity contribution in [2.45, 2.75) is 57.2 Å². The standard InChI is InChI=1S/C19H24N2O2S/c1-6-15-20-12(2)16(18(22)23)17(21-15)24-11-13-7-9-14(10-8-13)19(3,4)5/h7-10H,6,11H2,1-5H3,(H,22,23). The van der Waals surface area contributed by atoms with Crippen molar-refractivity contribution in [3.05, 3.63) is 52.5 Å². The third-order valence-corrected chi connectivity index (χ3v) is 4.88. The molecule has 0 aliphatic carbocycles. The highest BCUT2D eigenvalue weighted by Gasteiger charge is 2.18. The van der Waals surface area contributed by atoms with E-state index in [0.717, 1.165) is 5.56 Å². The number of thioether (sulfide) groups is 1. The molecule has 1 aromatic carbocycles. The van der Waals surface area contributed by atoms with Gasteiger partial charge in [-0.3, -0.25) is 0 Å². The number of nitrogens with zero attached hydrogens (tertiary/aromatic N) is 2. The van der Waals surface area contributed by atoms with E-state index in [1.165, 1.54) is 17.3 Å². The first-order valence-electron chi connectivity index (χ1n) is 8.05. The number of aromatic carboxylic acids is 1. The third-order valence-electron chi connectivity index (χ3n) is 3.83. The molecule has 0 unspecified atom stereocenters. The van der Waals surface area contributed by atoms with Crippen LogP contribution in [-0.2, 0) is 17.6 Å². The van der Waals surface area contributed by atoms with Crippen LogP contribution in [0, 0.1) is 6.92 Å². The molecule has 0 aliphatic heterocycles. The predicted molar refractivity (Wildman–Crippen MR) is 97.8 cm³/mol. The van der Waals surface area contributed by atoms with E-state index >= 15 is 0 Å². The minimum atomic E-state index is -0.972. The zero-order chi connectivity index (χ0) is 17.9. The smallest absolute Gasteiger partial charge is 0.340 e. The molecule has 0 bridgehead atoms. The molecule has 1 N–H and O–H groups in total. The van der Waals surface area contributed by atoms with E-state index in [1.807, 2.05) is 6.92 Å². The third kappa shape index (κ3) is 4.35. The fourth-order valence-electron chi connectivity index (χ4n) is 2.36. The van der Waals surface area contributed by atoms with Crippen LogP contribution in [0.25, 0.3) is 0 Å². The molecule has 2 aromatic rings. The van der Waals surface area contributed by atoms with Crippen molar-refractivity contribution < 1.29 is 9.90 Å². The molecule has 0 amide bonds. The lowest BCUT2D eigenvalue weighted by molar-refractivity contribution is 0.0690. The van der Waals surface area contributed by atoms with Gasteiger partial charge in [0.1, 0.15) is 16.4 Å². The number of benzene rings is 1. The summed E-state index contributed by atoms with van der Waals surface area (Å²) in [4.78, 5) is 20.2. The van der Waals surface area contributed by atoms with Crippen LogP contribution < -0.4 is 0 Å². The molecule has 128 valence electrons. The van der Waals surface area contributed by atoms with Crippen LogP contribution in [0.4, 0.5) is 0 Å². The maximum absolute atomic E-state index is 11.5. The topological polar surface area (TPSA) is 63.1 Å². The van der Waals surface area contributed by atoms with Crippen molar-refractivity contribution in [3.63, 3.8) is 0 Å². The highest BCUT2D eigenvalue weighted by atomic mass is 32.2. The number of carboxylic acids is 1. The van der Waals surface area contributed by atoms with E-state index in [0.29, 0.717) is 28.7 Å². The highest BCUT2D eigenvalue weighted by Crippen LogP contribution is 2.28. The minimum Gasteiger partial charge on any atom is -0.478 e. The second-order valence-electron chi connectivity index (χ2n) is 6.80. The van der Waals surface area contributed by atoms with Crippen LogP contribution in [0.3, 0.4) is 0 Å². The van der Waals surface area contributed by atoms with Gasteiger partial charge in [-0.2, -0.15) is 0 Å². The molecule has 1 aromatic heterocycles. The van der Waals surface area contributed by atoms with Gasteiger partial charge >= 0.3 is 5.97 Å². The van der Waals surface area contributed by atoms with Crippen LogP contribution in [0.2, 0.25) is 0 Å². The zero-order valence-corrected chi connectivity index (χ0v) is 15.7. The fourth-order valence-corrected chi connectivity index (χ4v) is 3.41. The quantitative estimate of drug-likeness (QED) is 0.632. The molecule has 1 heterocycles. The normalized spacial score (nSPS) is 11.5. The van der Waals surface area contributed by atoms with E-state index < -0.39 is 5.97 Å². The first-order chi connectivity index (χ1) is 11.2. The Hall–Kier alpha value is -1.88. The molecule has 2 rings (SSSR count). The SMILES string of the molecule is CCc1nc(C)c(C(=O)O)c(SCc2ccc(C(C)(C)C)cc2)n1. The van der Waals surface area contributed by atoms with Crippen molar-refractivity contribution >= 4 is 17.7 Å². The number of hydrogen-bond donors (Lipinski definition) is 1. The van der Waals surface area contributed by atoms with E-state index in [2.05, 4.69) is 55.0 Å². The van der Waals surface area contributed by atoms with Gasteiger partial charge in [-0.25, -0.2) is 14.8 Å². The molecule has 0 aliphatic rings. The van der Waals surface area contributed by atoms with E-state index in [9.17, 15) is 9.90 Å². The maximum Gasteiger partial charge on any atom is 0.340 e. The van der Waals surface area contributed by atoms with Crippen LogP contribution in [0.1, 0.15) is 60.7 Å². The second-order valence-corrected chi connectivity index (χ2v) is 7.76. The Kier molecular flexibility index (Phi) is 5.65. The van der Waals surface area contributed by atoms with Gasteiger partial charge in [0.15, 0.2) is 0 Å². The molecule has 5 heteroatoms. The molecule has 0 saturated heterocycles. The summed E-state index contributed by atoms with van der Waals surface area (Å²) in [7, 11) is 0. The number of rotatable bonds is 5. The number of aryl methyl sites for hydroxylation is 2. The van der Waals surface area contributed by atoms with Gasteiger partial charge in [0.2, 0.25) is 0 Å². The molecule has 4 nitrogen and oxygen atoms in total. The summed E-state index contributed by atoms with van der Waals surface area (Å²) < 4.78 is 0. The lowest BCUT2D eigenvalue weighted by Crippen LogP contribution is -2.10. The van der Waals surface area contributed by atoms with Gasteiger partial charge in [-0.15, -0.1) is 11.8 Å². The predicted octanol–water partition coefficient (Wildman–Crippen LogP) is 4.64. The molecule has 0 saturated carbocycles. The minimum absolute atomic E-state index is 0.127. The fraction of sp³-hybridized carbons (Fsp3) is 0.421. The van der Waals surface area contributed by atoms with Gasteiger partial charge < -0.3 is 5.11 Å². The van der Waals surface area contributed by atoms with Gasteiger partial charge in [0.05, 0.1) is 5.69 Å². The van der Waals surface area contributed by atoms with E-state index in [1.54, 1.807) is 6.92 Å². The summed E-state index contributed by atoms with van der Waals surface area (Å²) in [6.07, 6.45) is 0.689. The monoisotopic (exact) mass is 344 g/mol. The first kappa shape index (κ1) is 18.5. The number of hydrogen-bond acceptors (Lipinski definition) is 4. The van der Waals surface area contributed by atoms with Crippen LogP contribution in [0.5, 0.6) is 0 Å². The molecular weight excluding hydrogens is 320 g/mol. The molecular formula is C19H24N2O2S. The number of carboxylic acid groups (broad SMARTS) is 1. The molecule has 0 fully saturated rings. The molecule has 0 spiro atoms. The van der Waals surface area contributed by atoms with Crippen molar-refractivity contribution in [2.24, 2.45) is 0 Å². The Morgan fingerprint density at radius 2 is 1.79 bits per heavy atom. The summed E-state index contributed by atoms with van der Waals surface area (Å²) in [6, 6.07) is 8.47. The average Bonchev–Trinajstić information content (AvgIpc) is 2.51. The van der Waals surface area contributed by atoms with Crippen LogP contribution >= 0.6 is 11.8 Å². The van der Waals surface area contributed by atoms with Gasteiger partial charge in [-0.05, 0) is 23.5 Å². The van der Waals surface area contributed by atoms with Gasteiger partial charge in [0.25, 0.3) is 0 Å². The summed E-state index contributed by atoms with van der Waals surface area (Å²) in [5.74, 6) is 0.397. The first-order valence-corrected chi connectivity index (χ1v) is 9.04. The van der Waals surface area contributed by atoms with Crippen molar-refractivity contribution in [3.8, 4) is 0 Å². The van der Waals surface area contributed by atoms with E-state index in [4.69, 9.17) is 0 Å². The highest BCUT2D eigenvalue weighted by molar-refractivity contribution is 7.98. The molecule has 0 radical (unpaired) electrons. The van der Waals surface area contributed by atoms with E-state index in [-0.39, 0.29) is 11.0 Å². The van der Waals surface area contributed by atoms with Gasteiger partial charge in [-0.1, -0.05) is 52.0 Å². The Labute approximate surface area is 147 Å². The lowest BCUT2D eigenvalue weighted by Gasteiger charge is -2.19. The van der Waals surface area contributed by atoms with Crippen LogP contribution in [-0.4, -0.2) is 21.0 Å². The lowest BCUT2D eigenvalue weighted by atomic mass is 9.87. The molecule has 24 heavy (non-hydrogen) atoms. The van der Waals surface area contributed by atoms with Crippen molar-refractivity contribution in [2.75, 3.05) is 0 Å². The van der Waals surface area contributed by atoms with Gasteiger partial charge in [0, 0.05) is 12.2 Å². The van der Waals surface area contributed by atoms with Crippen LogP contribution in [0.15, 0.2) is 29.3 Å². The largest absolute Gasteiger partial charge is 0.478 e. The summed E-state index contributed by atoms with van der Waals surface area (Å²) in [5.41, 5.74) is 3.30. The molecule has 0 atom stereocenters. The summed E-state index contributed by atoms with van der Waals surface area (Å²) >= 11 is 1.45. The Balaban J connectivity index is 2.22. The maximum atomic E-state index is 11.5. The average molecular weight is 344 g/mol. The second kappa shape index (κ2) is 7.34. The number of carbonyl (C=O) groups is 1. The number of aromatic nitrogens is 2. The summed E-state index contributed by atoms with van der Waals surface area (Å²) in [5, 5.41) is 9.99. The Bertz CT molecular complexity index is 734. The Morgan fingerprint density at radius 3 is 2.29 bits per heavy atom. The Morgan fingerprint density at radius 1 is 1.17 bits per heavy atom.